The number of imidazole rings is 1. The maximum Gasteiger partial charge on any atom is 0.132 e. The van der Waals surface area contributed by atoms with Gasteiger partial charge in [-0.05, 0) is 18.2 Å². The van der Waals surface area contributed by atoms with Crippen LogP contribution in [0.2, 0.25) is 0 Å². The number of nitrogen functional groups attached to an aromatic ring is 1. The molecule has 0 spiro atoms. The first-order valence-electron chi connectivity index (χ1n) is 6.62. The van der Waals surface area contributed by atoms with E-state index in [-0.39, 0.29) is 5.92 Å². The lowest BCUT2D eigenvalue weighted by Gasteiger charge is -2.08. The molecule has 2 aromatic rings. The van der Waals surface area contributed by atoms with Crippen LogP contribution in [0.3, 0.4) is 0 Å². The number of methoxy groups -OCH3 is 1. The van der Waals surface area contributed by atoms with E-state index < -0.39 is 0 Å². The lowest BCUT2D eigenvalue weighted by atomic mass is 10.1. The topological polar surface area (TPSA) is 53.1 Å². The molecule has 1 heterocycles. The maximum absolute atomic E-state index is 6.26. The van der Waals surface area contributed by atoms with E-state index in [0.717, 1.165) is 27.3 Å². The van der Waals surface area contributed by atoms with E-state index in [2.05, 4.69) is 35.7 Å². The van der Waals surface area contributed by atoms with E-state index in [0.29, 0.717) is 12.4 Å². The number of nitrogens with two attached hydrogens (primary N) is 1. The zero-order chi connectivity index (χ0) is 15.6. The first kappa shape index (κ1) is 15.5. The average Bonchev–Trinajstić information content (AvgIpc) is 2.78. The van der Waals surface area contributed by atoms with Crippen LogP contribution in [0.25, 0.3) is 11.3 Å². The molecule has 110 valence electrons. The molecule has 0 saturated carbocycles. The van der Waals surface area contributed by atoms with Crippen LogP contribution < -0.4 is 10.5 Å². The van der Waals surface area contributed by atoms with Crippen LogP contribution in [0.1, 0.15) is 25.6 Å². The van der Waals surface area contributed by atoms with Crippen molar-refractivity contribution in [2.45, 2.75) is 26.3 Å². The SMILES string of the molecule is C#CCn1c(C(C)C)nc(-c2cc(OC)ccc2Br)c1N. The Balaban J connectivity index is 2.65. The van der Waals surface area contributed by atoms with E-state index in [9.17, 15) is 0 Å². The van der Waals surface area contributed by atoms with Gasteiger partial charge in [-0.1, -0.05) is 35.7 Å². The van der Waals surface area contributed by atoms with Crippen molar-refractivity contribution < 1.29 is 4.74 Å². The number of hydrogen-bond acceptors (Lipinski definition) is 3. The fraction of sp³-hybridized carbons (Fsp3) is 0.312. The standard InChI is InChI=1S/C16H18BrN3O/c1-5-8-20-15(18)14(19-16(20)10(2)3)12-9-11(21-4)6-7-13(12)17/h1,6-7,9-10H,8,18H2,2-4H3. The van der Waals surface area contributed by atoms with E-state index >= 15 is 0 Å². The third-order valence-corrected chi connectivity index (χ3v) is 3.92. The minimum atomic E-state index is 0.235. The molecule has 0 aliphatic heterocycles. The first-order chi connectivity index (χ1) is 9.99. The molecular weight excluding hydrogens is 330 g/mol. The van der Waals surface area contributed by atoms with Crippen molar-refractivity contribution in [2.75, 3.05) is 12.8 Å². The molecule has 2 rings (SSSR count). The molecule has 0 unspecified atom stereocenters. The number of nitrogens with zero attached hydrogens (tertiary/aromatic N) is 2. The number of terminal acetylenes is 1. The van der Waals surface area contributed by atoms with E-state index in [1.807, 2.05) is 22.8 Å². The van der Waals surface area contributed by atoms with E-state index in [1.54, 1.807) is 7.11 Å². The van der Waals surface area contributed by atoms with Gasteiger partial charge in [0.15, 0.2) is 0 Å². The summed E-state index contributed by atoms with van der Waals surface area (Å²) < 4.78 is 8.07. The molecular formula is C16H18BrN3O. The second kappa shape index (κ2) is 6.23. The van der Waals surface area contributed by atoms with Gasteiger partial charge in [-0.25, -0.2) is 4.98 Å². The summed E-state index contributed by atoms with van der Waals surface area (Å²) in [6, 6.07) is 5.71. The second-order valence-electron chi connectivity index (χ2n) is 4.99. The summed E-state index contributed by atoms with van der Waals surface area (Å²) in [7, 11) is 1.63. The van der Waals surface area contributed by atoms with Crippen LogP contribution in [-0.4, -0.2) is 16.7 Å². The minimum Gasteiger partial charge on any atom is -0.497 e. The number of hydrogen-bond donors (Lipinski definition) is 1. The summed E-state index contributed by atoms with van der Waals surface area (Å²) in [6.45, 7) is 4.55. The summed E-state index contributed by atoms with van der Waals surface area (Å²) in [5.41, 5.74) is 7.88. The van der Waals surface area contributed by atoms with Gasteiger partial charge in [-0.15, -0.1) is 6.42 Å². The van der Waals surface area contributed by atoms with Gasteiger partial charge < -0.3 is 15.0 Å². The highest BCUT2D eigenvalue weighted by Gasteiger charge is 2.19. The monoisotopic (exact) mass is 347 g/mol. The van der Waals surface area contributed by atoms with Gasteiger partial charge in [-0.3, -0.25) is 0 Å². The summed E-state index contributed by atoms with van der Waals surface area (Å²) in [5, 5.41) is 0. The summed E-state index contributed by atoms with van der Waals surface area (Å²) >= 11 is 3.54. The average molecular weight is 348 g/mol. The molecule has 0 aliphatic carbocycles. The Labute approximate surface area is 133 Å². The van der Waals surface area contributed by atoms with Crippen LogP contribution in [0, 0.1) is 12.3 Å². The Bertz CT molecular complexity index is 698. The predicted octanol–water partition coefficient (Wildman–Crippen LogP) is 3.66. The molecule has 0 atom stereocenters. The number of anilines is 1. The summed E-state index contributed by atoms with van der Waals surface area (Å²) in [5.74, 6) is 5.08. The molecule has 2 N–H and O–H groups in total. The van der Waals surface area contributed by atoms with Crippen molar-refractivity contribution in [3.8, 4) is 29.4 Å². The van der Waals surface area contributed by atoms with Crippen molar-refractivity contribution in [1.82, 2.24) is 9.55 Å². The van der Waals surface area contributed by atoms with Gasteiger partial charge in [-0.2, -0.15) is 0 Å². The van der Waals surface area contributed by atoms with Gasteiger partial charge in [0.05, 0.1) is 13.7 Å². The molecule has 5 heteroatoms. The summed E-state index contributed by atoms with van der Waals surface area (Å²) in [6.07, 6.45) is 5.44. The minimum absolute atomic E-state index is 0.235. The van der Waals surface area contributed by atoms with Crippen molar-refractivity contribution in [1.29, 1.82) is 0 Å². The Morgan fingerprint density at radius 1 is 1.48 bits per heavy atom. The third kappa shape index (κ3) is 2.91. The first-order valence-corrected chi connectivity index (χ1v) is 7.42. The third-order valence-electron chi connectivity index (χ3n) is 3.23. The maximum atomic E-state index is 6.26. The predicted molar refractivity (Wildman–Crippen MR) is 89.2 cm³/mol. The zero-order valence-corrected chi connectivity index (χ0v) is 13.9. The summed E-state index contributed by atoms with van der Waals surface area (Å²) in [4.78, 5) is 4.69. The Kier molecular flexibility index (Phi) is 4.59. The number of ether oxygens (including phenoxy) is 1. The Morgan fingerprint density at radius 3 is 2.76 bits per heavy atom. The fourth-order valence-corrected chi connectivity index (χ4v) is 2.63. The normalized spacial score (nSPS) is 10.7. The van der Waals surface area contributed by atoms with E-state index in [1.165, 1.54) is 0 Å². The lowest BCUT2D eigenvalue weighted by molar-refractivity contribution is 0.415. The van der Waals surface area contributed by atoms with Gasteiger partial charge >= 0.3 is 0 Å². The van der Waals surface area contributed by atoms with Crippen molar-refractivity contribution in [3.63, 3.8) is 0 Å². The highest BCUT2D eigenvalue weighted by molar-refractivity contribution is 9.10. The number of rotatable bonds is 4. The van der Waals surface area contributed by atoms with Gasteiger partial charge in [0.25, 0.3) is 0 Å². The van der Waals surface area contributed by atoms with Crippen LogP contribution in [-0.2, 0) is 6.54 Å². The highest BCUT2D eigenvalue weighted by atomic mass is 79.9. The molecule has 21 heavy (non-hydrogen) atoms. The van der Waals surface area contributed by atoms with Crippen LogP contribution in [0.15, 0.2) is 22.7 Å². The quantitative estimate of drug-likeness (QED) is 0.858. The van der Waals surface area contributed by atoms with Crippen molar-refractivity contribution in [3.05, 3.63) is 28.5 Å². The Morgan fingerprint density at radius 2 is 2.19 bits per heavy atom. The number of benzene rings is 1. The molecule has 0 bridgehead atoms. The zero-order valence-electron chi connectivity index (χ0n) is 12.4. The molecule has 4 nitrogen and oxygen atoms in total. The highest BCUT2D eigenvalue weighted by Crippen LogP contribution is 2.36. The molecule has 0 saturated heterocycles. The molecule has 1 aromatic carbocycles. The van der Waals surface area contributed by atoms with Crippen LogP contribution in [0.5, 0.6) is 5.75 Å². The van der Waals surface area contributed by atoms with E-state index in [4.69, 9.17) is 21.9 Å². The molecule has 0 aliphatic rings. The van der Waals surface area contributed by atoms with Crippen molar-refractivity contribution in [2.24, 2.45) is 0 Å². The molecule has 0 fully saturated rings. The lowest BCUT2D eigenvalue weighted by Crippen LogP contribution is -2.07. The Hall–Kier alpha value is -1.93. The van der Waals surface area contributed by atoms with Crippen LogP contribution >= 0.6 is 15.9 Å². The van der Waals surface area contributed by atoms with Gasteiger partial charge in [0, 0.05) is 16.0 Å². The largest absolute Gasteiger partial charge is 0.497 e. The van der Waals surface area contributed by atoms with Gasteiger partial charge in [0.2, 0.25) is 0 Å². The molecule has 0 amide bonds. The van der Waals surface area contributed by atoms with Gasteiger partial charge in [0.1, 0.15) is 23.1 Å². The smallest absolute Gasteiger partial charge is 0.132 e. The molecule has 1 aromatic heterocycles. The van der Waals surface area contributed by atoms with Crippen molar-refractivity contribution >= 4 is 21.7 Å². The fourth-order valence-electron chi connectivity index (χ4n) is 2.19. The number of aromatic nitrogens is 2. The van der Waals surface area contributed by atoms with Crippen LogP contribution in [0.4, 0.5) is 5.82 Å². The molecule has 0 radical (unpaired) electrons. The second-order valence-corrected chi connectivity index (χ2v) is 5.85. The number of halogens is 1.